The lowest BCUT2D eigenvalue weighted by atomic mass is 10.0. The number of rotatable bonds is 4. The number of nitrogens with zero attached hydrogens (tertiary/aromatic N) is 2. The lowest BCUT2D eigenvalue weighted by Crippen LogP contribution is -2.19. The van der Waals surface area contributed by atoms with Crippen LogP contribution in [0.4, 0.5) is 0 Å². The van der Waals surface area contributed by atoms with Crippen LogP contribution in [0.5, 0.6) is 0 Å². The van der Waals surface area contributed by atoms with Gasteiger partial charge >= 0.3 is 0 Å². The fraction of sp³-hybridized carbons (Fsp3) is 0.643. The molecule has 16 heavy (non-hydrogen) atoms. The van der Waals surface area contributed by atoms with Crippen LogP contribution in [-0.4, -0.2) is 23.0 Å². The number of hydrogen-bond acceptors (Lipinski definition) is 2. The molecular weight excluding hydrogens is 196 g/mol. The Morgan fingerprint density at radius 2 is 2.06 bits per heavy atom. The summed E-state index contributed by atoms with van der Waals surface area (Å²) in [5, 5.41) is 0. The Labute approximate surface area is 98.7 Å². The first-order chi connectivity index (χ1) is 7.79. The van der Waals surface area contributed by atoms with E-state index in [1.807, 2.05) is 0 Å². The van der Waals surface area contributed by atoms with Gasteiger partial charge in [0, 0.05) is 12.7 Å². The van der Waals surface area contributed by atoms with Gasteiger partial charge in [-0.3, -0.25) is 9.88 Å². The Bertz CT molecular complexity index is 312. The molecule has 0 bridgehead atoms. The van der Waals surface area contributed by atoms with Gasteiger partial charge in [-0.25, -0.2) is 0 Å². The zero-order chi connectivity index (χ0) is 11.4. The van der Waals surface area contributed by atoms with Crippen molar-refractivity contribution < 1.29 is 0 Å². The summed E-state index contributed by atoms with van der Waals surface area (Å²) in [5.41, 5.74) is 2.58. The molecule has 0 aliphatic carbocycles. The molecule has 1 fully saturated rings. The van der Waals surface area contributed by atoms with Crippen molar-refractivity contribution in [3.63, 3.8) is 0 Å². The summed E-state index contributed by atoms with van der Waals surface area (Å²) in [6.07, 6.45) is 5.95. The third-order valence-electron chi connectivity index (χ3n) is 3.61. The molecule has 0 N–H and O–H groups in total. The summed E-state index contributed by atoms with van der Waals surface area (Å²) in [7, 11) is 0. The van der Waals surface area contributed by atoms with E-state index in [0.29, 0.717) is 5.92 Å². The zero-order valence-electron chi connectivity index (χ0n) is 10.4. The van der Waals surface area contributed by atoms with Crippen LogP contribution >= 0.6 is 0 Å². The number of aromatic nitrogens is 1. The van der Waals surface area contributed by atoms with E-state index in [4.69, 9.17) is 0 Å². The number of likely N-dealkylation sites (tertiary alicyclic amines) is 1. The topological polar surface area (TPSA) is 16.1 Å². The molecule has 0 aromatic carbocycles. The second kappa shape index (κ2) is 5.44. The molecule has 2 nitrogen and oxygen atoms in total. The van der Waals surface area contributed by atoms with Gasteiger partial charge in [0.05, 0.1) is 5.69 Å². The van der Waals surface area contributed by atoms with Crippen LogP contribution in [0.1, 0.15) is 50.3 Å². The average Bonchev–Trinajstić information content (AvgIpc) is 2.82. The van der Waals surface area contributed by atoms with Gasteiger partial charge in [0.25, 0.3) is 0 Å². The summed E-state index contributed by atoms with van der Waals surface area (Å²) in [4.78, 5) is 7.06. The molecule has 1 aliphatic heterocycles. The van der Waals surface area contributed by atoms with E-state index < -0.39 is 0 Å². The highest BCUT2D eigenvalue weighted by Crippen LogP contribution is 2.18. The van der Waals surface area contributed by atoms with Crippen molar-refractivity contribution in [3.05, 3.63) is 29.6 Å². The fourth-order valence-electron chi connectivity index (χ4n) is 2.23. The first-order valence-corrected chi connectivity index (χ1v) is 6.46. The van der Waals surface area contributed by atoms with Crippen molar-refractivity contribution in [2.45, 2.75) is 45.6 Å². The third-order valence-corrected chi connectivity index (χ3v) is 3.61. The molecule has 1 saturated heterocycles. The van der Waals surface area contributed by atoms with E-state index in [9.17, 15) is 0 Å². The summed E-state index contributed by atoms with van der Waals surface area (Å²) in [6, 6.07) is 4.44. The van der Waals surface area contributed by atoms with Crippen molar-refractivity contribution in [1.29, 1.82) is 0 Å². The molecule has 2 heterocycles. The maximum atomic E-state index is 4.57. The van der Waals surface area contributed by atoms with Crippen LogP contribution in [-0.2, 0) is 6.54 Å². The van der Waals surface area contributed by atoms with E-state index >= 15 is 0 Å². The average molecular weight is 218 g/mol. The van der Waals surface area contributed by atoms with Crippen LogP contribution in [0.2, 0.25) is 0 Å². The van der Waals surface area contributed by atoms with Crippen LogP contribution in [0.15, 0.2) is 18.3 Å². The molecule has 88 valence electrons. The van der Waals surface area contributed by atoms with Crippen LogP contribution in [0.3, 0.4) is 0 Å². The molecule has 1 aromatic rings. The fourth-order valence-corrected chi connectivity index (χ4v) is 2.23. The number of hydrogen-bond donors (Lipinski definition) is 0. The van der Waals surface area contributed by atoms with Gasteiger partial charge in [0.2, 0.25) is 0 Å². The number of pyridine rings is 1. The molecule has 1 unspecified atom stereocenters. The summed E-state index contributed by atoms with van der Waals surface area (Å²) in [6.45, 7) is 8.00. The summed E-state index contributed by atoms with van der Waals surface area (Å²) in [5.74, 6) is 0.633. The van der Waals surface area contributed by atoms with Gasteiger partial charge in [-0.05, 0) is 49.9 Å². The van der Waals surface area contributed by atoms with Crippen molar-refractivity contribution in [2.75, 3.05) is 13.1 Å². The Balaban J connectivity index is 1.96. The van der Waals surface area contributed by atoms with Crippen molar-refractivity contribution >= 4 is 0 Å². The molecule has 0 saturated carbocycles. The SMILES string of the molecule is CCC(C)c1ccc(CN2CCCC2)nc1. The van der Waals surface area contributed by atoms with Gasteiger partial charge in [-0.15, -0.1) is 0 Å². The summed E-state index contributed by atoms with van der Waals surface area (Å²) < 4.78 is 0. The summed E-state index contributed by atoms with van der Waals surface area (Å²) >= 11 is 0. The molecule has 0 spiro atoms. The zero-order valence-corrected chi connectivity index (χ0v) is 10.4. The van der Waals surface area contributed by atoms with E-state index in [1.54, 1.807) is 0 Å². The standard InChI is InChI=1S/C14H22N2/c1-3-12(2)13-6-7-14(15-10-13)11-16-8-4-5-9-16/h6-7,10,12H,3-5,8-9,11H2,1-2H3. The van der Waals surface area contributed by atoms with Crippen molar-refractivity contribution in [3.8, 4) is 0 Å². The van der Waals surface area contributed by atoms with E-state index in [0.717, 1.165) is 6.54 Å². The molecule has 1 aromatic heterocycles. The molecular formula is C14H22N2. The third kappa shape index (κ3) is 2.82. The predicted octanol–water partition coefficient (Wildman–Crippen LogP) is 3.19. The van der Waals surface area contributed by atoms with E-state index in [2.05, 4.69) is 42.1 Å². The Morgan fingerprint density at radius 1 is 1.31 bits per heavy atom. The second-order valence-electron chi connectivity index (χ2n) is 4.88. The maximum Gasteiger partial charge on any atom is 0.0544 e. The maximum absolute atomic E-state index is 4.57. The molecule has 2 heteroatoms. The monoisotopic (exact) mass is 218 g/mol. The Morgan fingerprint density at radius 3 is 2.62 bits per heavy atom. The van der Waals surface area contributed by atoms with Crippen LogP contribution < -0.4 is 0 Å². The smallest absolute Gasteiger partial charge is 0.0544 e. The highest BCUT2D eigenvalue weighted by Gasteiger charge is 2.12. The van der Waals surface area contributed by atoms with Crippen LogP contribution in [0, 0.1) is 0 Å². The van der Waals surface area contributed by atoms with Gasteiger partial charge in [-0.2, -0.15) is 0 Å². The predicted molar refractivity (Wildman–Crippen MR) is 67.5 cm³/mol. The quantitative estimate of drug-likeness (QED) is 0.771. The highest BCUT2D eigenvalue weighted by atomic mass is 15.1. The molecule has 1 atom stereocenters. The van der Waals surface area contributed by atoms with Crippen molar-refractivity contribution in [1.82, 2.24) is 9.88 Å². The Hall–Kier alpha value is -0.890. The normalized spacial score (nSPS) is 18.9. The molecule has 0 amide bonds. The van der Waals surface area contributed by atoms with Gasteiger partial charge in [-0.1, -0.05) is 19.9 Å². The lowest BCUT2D eigenvalue weighted by Gasteiger charge is -2.14. The Kier molecular flexibility index (Phi) is 3.94. The first kappa shape index (κ1) is 11.6. The van der Waals surface area contributed by atoms with E-state index in [1.165, 1.54) is 43.6 Å². The molecule has 2 rings (SSSR count). The van der Waals surface area contributed by atoms with Gasteiger partial charge in [0.15, 0.2) is 0 Å². The minimum atomic E-state index is 0.633. The lowest BCUT2D eigenvalue weighted by molar-refractivity contribution is 0.327. The largest absolute Gasteiger partial charge is 0.298 e. The van der Waals surface area contributed by atoms with E-state index in [-0.39, 0.29) is 0 Å². The van der Waals surface area contributed by atoms with Crippen molar-refractivity contribution in [2.24, 2.45) is 0 Å². The van der Waals surface area contributed by atoms with Crippen LogP contribution in [0.25, 0.3) is 0 Å². The second-order valence-corrected chi connectivity index (χ2v) is 4.88. The highest BCUT2D eigenvalue weighted by molar-refractivity contribution is 5.17. The molecule has 0 radical (unpaired) electrons. The minimum absolute atomic E-state index is 0.633. The van der Waals surface area contributed by atoms with Gasteiger partial charge < -0.3 is 0 Å². The first-order valence-electron chi connectivity index (χ1n) is 6.46. The van der Waals surface area contributed by atoms with Gasteiger partial charge in [0.1, 0.15) is 0 Å². The minimum Gasteiger partial charge on any atom is -0.298 e. The molecule has 1 aliphatic rings.